The molecule has 7 heteroatoms. The van der Waals surface area contributed by atoms with Gasteiger partial charge in [0, 0.05) is 38.8 Å². The van der Waals surface area contributed by atoms with E-state index in [1.807, 2.05) is 0 Å². The van der Waals surface area contributed by atoms with E-state index in [1.165, 1.54) is 4.80 Å². The molecule has 1 aliphatic rings. The Balaban J connectivity index is 1.79. The largest absolute Gasteiger partial charge is 0.329 e. The Morgan fingerprint density at radius 2 is 2.00 bits per heavy atom. The van der Waals surface area contributed by atoms with Gasteiger partial charge in [0.25, 0.3) is 0 Å². The van der Waals surface area contributed by atoms with Gasteiger partial charge in [0.1, 0.15) is 0 Å². The zero-order valence-corrected chi connectivity index (χ0v) is 11.3. The Labute approximate surface area is 108 Å². The van der Waals surface area contributed by atoms with Crippen molar-refractivity contribution in [1.29, 1.82) is 0 Å². The van der Waals surface area contributed by atoms with E-state index in [-0.39, 0.29) is 0 Å². The van der Waals surface area contributed by atoms with Gasteiger partial charge in [-0.1, -0.05) is 6.92 Å². The molecule has 1 aromatic rings. The van der Waals surface area contributed by atoms with Crippen LogP contribution in [0.4, 0.5) is 0 Å². The van der Waals surface area contributed by atoms with Crippen LogP contribution in [-0.4, -0.2) is 68.8 Å². The van der Waals surface area contributed by atoms with E-state index in [9.17, 15) is 0 Å². The average Bonchev–Trinajstić information content (AvgIpc) is 2.78. The molecule has 2 heterocycles. The van der Waals surface area contributed by atoms with Gasteiger partial charge in [0.2, 0.25) is 0 Å². The van der Waals surface area contributed by atoms with E-state index in [2.05, 4.69) is 32.1 Å². The second-order valence-electron chi connectivity index (χ2n) is 4.81. The Hall–Kier alpha value is -1.05. The number of hydrogen-bond donors (Lipinski definition) is 1. The van der Waals surface area contributed by atoms with Crippen molar-refractivity contribution in [2.45, 2.75) is 25.9 Å². The van der Waals surface area contributed by atoms with Crippen LogP contribution in [0.1, 0.15) is 19.2 Å². The van der Waals surface area contributed by atoms with Gasteiger partial charge < -0.3 is 5.73 Å². The molecule has 1 fully saturated rings. The smallest absolute Gasteiger partial charge is 0.188 e. The zero-order valence-electron chi connectivity index (χ0n) is 11.3. The summed E-state index contributed by atoms with van der Waals surface area (Å²) in [4.78, 5) is 6.37. The first-order valence-electron chi connectivity index (χ1n) is 6.62. The van der Waals surface area contributed by atoms with Gasteiger partial charge in [-0.25, -0.2) is 0 Å². The van der Waals surface area contributed by atoms with Crippen LogP contribution in [0.15, 0.2) is 0 Å². The second-order valence-corrected chi connectivity index (χ2v) is 4.81. The quantitative estimate of drug-likeness (QED) is 0.730. The molecule has 2 rings (SSSR count). The first kappa shape index (κ1) is 13.4. The number of hydrogen-bond acceptors (Lipinski definition) is 6. The summed E-state index contributed by atoms with van der Waals surface area (Å²) in [6.07, 6.45) is 1.13. The Bertz CT molecular complexity index is 352. The van der Waals surface area contributed by atoms with Crippen molar-refractivity contribution in [1.82, 2.24) is 30.0 Å². The maximum Gasteiger partial charge on any atom is 0.188 e. The molecule has 2 N–H and O–H groups in total. The summed E-state index contributed by atoms with van der Waals surface area (Å²) in [5.74, 6) is 0.803. The second kappa shape index (κ2) is 6.21. The molecule has 0 bridgehead atoms. The molecule has 1 unspecified atom stereocenters. The summed E-state index contributed by atoms with van der Waals surface area (Å²) in [6.45, 7) is 8.01. The highest BCUT2D eigenvalue weighted by molar-refractivity contribution is 4.82. The summed E-state index contributed by atoms with van der Waals surface area (Å²) >= 11 is 0. The number of piperazine rings is 1. The minimum absolute atomic E-state index is 0.529. The van der Waals surface area contributed by atoms with Gasteiger partial charge in [-0.2, -0.15) is 4.80 Å². The molecule has 7 nitrogen and oxygen atoms in total. The summed E-state index contributed by atoms with van der Waals surface area (Å²) in [5, 5.41) is 12.1. The third-order valence-electron chi connectivity index (χ3n) is 3.58. The van der Waals surface area contributed by atoms with Gasteiger partial charge in [-0.15, -0.1) is 10.2 Å². The normalized spacial score (nSPS) is 20.2. The lowest BCUT2D eigenvalue weighted by atomic mass is 10.1. The Kier molecular flexibility index (Phi) is 4.62. The number of aromatic nitrogens is 4. The van der Waals surface area contributed by atoms with Crippen LogP contribution in [0.5, 0.6) is 0 Å². The summed E-state index contributed by atoms with van der Waals surface area (Å²) in [5.41, 5.74) is 5.79. The average molecular weight is 253 g/mol. The molecule has 1 atom stereocenters. The summed E-state index contributed by atoms with van der Waals surface area (Å²) in [6, 6.07) is 0.529. The standard InChI is InChI=1S/C11H23N7/c1-3-10(8-12)18-6-4-17(5-7-18)9-11-13-15-16(2)14-11/h10H,3-9,12H2,1-2H3. The van der Waals surface area contributed by atoms with Crippen molar-refractivity contribution in [3.05, 3.63) is 5.82 Å². The van der Waals surface area contributed by atoms with Crippen molar-refractivity contribution in [3.63, 3.8) is 0 Å². The molecule has 0 radical (unpaired) electrons. The highest BCUT2D eigenvalue weighted by Gasteiger charge is 2.22. The van der Waals surface area contributed by atoms with Crippen LogP contribution in [0.2, 0.25) is 0 Å². The maximum atomic E-state index is 5.79. The van der Waals surface area contributed by atoms with Crippen LogP contribution in [0.3, 0.4) is 0 Å². The number of nitrogens with zero attached hydrogens (tertiary/aromatic N) is 6. The highest BCUT2D eigenvalue weighted by atomic mass is 15.6. The summed E-state index contributed by atoms with van der Waals surface area (Å²) in [7, 11) is 1.79. The molecule has 0 amide bonds. The highest BCUT2D eigenvalue weighted by Crippen LogP contribution is 2.09. The van der Waals surface area contributed by atoms with E-state index in [4.69, 9.17) is 5.73 Å². The van der Waals surface area contributed by atoms with E-state index in [0.717, 1.165) is 51.5 Å². The van der Waals surface area contributed by atoms with Gasteiger partial charge in [0.15, 0.2) is 5.82 Å². The van der Waals surface area contributed by atoms with Gasteiger partial charge in [-0.05, 0) is 11.6 Å². The van der Waals surface area contributed by atoms with Crippen molar-refractivity contribution < 1.29 is 0 Å². The van der Waals surface area contributed by atoms with Gasteiger partial charge in [0.05, 0.1) is 13.6 Å². The molecular weight excluding hydrogens is 230 g/mol. The van der Waals surface area contributed by atoms with Crippen LogP contribution >= 0.6 is 0 Å². The van der Waals surface area contributed by atoms with Crippen molar-refractivity contribution in [2.75, 3.05) is 32.7 Å². The molecule has 0 spiro atoms. The molecule has 1 saturated heterocycles. The molecule has 0 aromatic carbocycles. The predicted octanol–water partition coefficient (Wildman–Crippen LogP) is -0.935. The van der Waals surface area contributed by atoms with E-state index in [0.29, 0.717) is 6.04 Å². The van der Waals surface area contributed by atoms with Crippen molar-refractivity contribution in [3.8, 4) is 0 Å². The third-order valence-corrected chi connectivity index (χ3v) is 3.58. The zero-order chi connectivity index (χ0) is 13.0. The fourth-order valence-corrected chi connectivity index (χ4v) is 2.45. The molecule has 18 heavy (non-hydrogen) atoms. The third kappa shape index (κ3) is 3.24. The molecule has 1 aromatic heterocycles. The van der Waals surface area contributed by atoms with E-state index >= 15 is 0 Å². The molecule has 0 saturated carbocycles. The number of tetrazole rings is 1. The fraction of sp³-hybridized carbons (Fsp3) is 0.909. The van der Waals surface area contributed by atoms with Crippen molar-refractivity contribution in [2.24, 2.45) is 12.8 Å². The van der Waals surface area contributed by atoms with Crippen LogP contribution in [-0.2, 0) is 13.6 Å². The molecular formula is C11H23N7. The van der Waals surface area contributed by atoms with E-state index < -0.39 is 0 Å². The van der Waals surface area contributed by atoms with Crippen LogP contribution in [0.25, 0.3) is 0 Å². The Morgan fingerprint density at radius 1 is 1.28 bits per heavy atom. The van der Waals surface area contributed by atoms with Crippen molar-refractivity contribution >= 4 is 0 Å². The topological polar surface area (TPSA) is 76.1 Å². The van der Waals surface area contributed by atoms with E-state index in [1.54, 1.807) is 7.05 Å². The minimum Gasteiger partial charge on any atom is -0.329 e. The minimum atomic E-state index is 0.529. The Morgan fingerprint density at radius 3 is 2.50 bits per heavy atom. The fourth-order valence-electron chi connectivity index (χ4n) is 2.45. The summed E-state index contributed by atoms with van der Waals surface area (Å²) < 4.78 is 0. The number of rotatable bonds is 5. The predicted molar refractivity (Wildman–Crippen MR) is 68.8 cm³/mol. The first-order valence-corrected chi connectivity index (χ1v) is 6.62. The van der Waals surface area contributed by atoms with Crippen LogP contribution in [0, 0.1) is 0 Å². The molecule has 1 aliphatic heterocycles. The van der Waals surface area contributed by atoms with Crippen LogP contribution < -0.4 is 5.73 Å². The monoisotopic (exact) mass is 253 g/mol. The maximum absolute atomic E-state index is 5.79. The first-order chi connectivity index (χ1) is 8.72. The lowest BCUT2D eigenvalue weighted by Crippen LogP contribution is -2.51. The lowest BCUT2D eigenvalue weighted by molar-refractivity contribution is 0.0910. The number of aryl methyl sites for hydroxylation is 1. The SMILES string of the molecule is CCC(CN)N1CCN(Cc2nnn(C)n2)CC1. The molecule has 102 valence electrons. The van der Waals surface area contributed by atoms with Gasteiger partial charge >= 0.3 is 0 Å². The molecule has 0 aliphatic carbocycles. The number of nitrogens with two attached hydrogens (primary N) is 1. The lowest BCUT2D eigenvalue weighted by Gasteiger charge is -2.38. The van der Waals surface area contributed by atoms with Gasteiger partial charge in [-0.3, -0.25) is 9.80 Å².